The smallest absolute Gasteiger partial charge is 0.328 e. The number of piperidine rings is 1. The Morgan fingerprint density at radius 2 is 2.00 bits per heavy atom. The van der Waals surface area contributed by atoms with Crippen LogP contribution >= 0.6 is 8.03 Å². The molecule has 0 aromatic rings. The van der Waals surface area contributed by atoms with Crippen LogP contribution in [0.5, 0.6) is 0 Å². The lowest BCUT2D eigenvalue weighted by Gasteiger charge is -2.28. The van der Waals surface area contributed by atoms with Gasteiger partial charge in [0, 0.05) is 19.5 Å². The van der Waals surface area contributed by atoms with E-state index in [-0.39, 0.29) is 5.78 Å². The first-order chi connectivity index (χ1) is 5.75. The predicted octanol–water partition coefficient (Wildman–Crippen LogP) is 1.31. The zero-order valence-electron chi connectivity index (χ0n) is 7.53. The molecule has 1 aliphatic rings. The quantitative estimate of drug-likeness (QED) is 0.629. The summed E-state index contributed by atoms with van der Waals surface area (Å²) in [6.07, 6.45) is 4.28. The summed E-state index contributed by atoms with van der Waals surface area (Å²) in [5.41, 5.74) is 0. The standard InChI is InChI=1S/C8H16NO2P/c1-2-8(12(10)11)9-6-4-3-5-7-9/h8H,2-7H2,1H3. The number of hydrogen-bond acceptors (Lipinski definition) is 3. The van der Waals surface area contributed by atoms with Gasteiger partial charge in [0.25, 0.3) is 0 Å². The highest BCUT2D eigenvalue weighted by atomic mass is 31.1. The summed E-state index contributed by atoms with van der Waals surface area (Å²) in [6, 6.07) is 0. The fourth-order valence-electron chi connectivity index (χ4n) is 1.76. The number of hydrogen-bond donors (Lipinski definition) is 0. The summed E-state index contributed by atoms with van der Waals surface area (Å²) in [4.78, 5) is 12.9. The maximum Gasteiger partial charge on any atom is 0.328 e. The van der Waals surface area contributed by atoms with Gasteiger partial charge in [0.2, 0.25) is 5.78 Å². The van der Waals surface area contributed by atoms with Gasteiger partial charge in [-0.3, -0.25) is 4.90 Å². The van der Waals surface area contributed by atoms with E-state index in [4.69, 9.17) is 0 Å². The molecule has 1 aliphatic heterocycles. The lowest BCUT2D eigenvalue weighted by Crippen LogP contribution is -2.38. The van der Waals surface area contributed by atoms with E-state index in [0.717, 1.165) is 32.4 Å². The second-order valence-electron chi connectivity index (χ2n) is 3.27. The van der Waals surface area contributed by atoms with Gasteiger partial charge in [-0.2, -0.15) is 0 Å². The summed E-state index contributed by atoms with van der Waals surface area (Å²) < 4.78 is 10.8. The first kappa shape index (κ1) is 10.1. The fourth-order valence-corrected chi connectivity index (χ4v) is 2.55. The maximum absolute atomic E-state index is 10.8. The van der Waals surface area contributed by atoms with E-state index in [9.17, 15) is 9.46 Å². The van der Waals surface area contributed by atoms with Crippen LogP contribution in [-0.2, 0) is 4.57 Å². The summed E-state index contributed by atoms with van der Waals surface area (Å²) in [5, 5.41) is 0. The second kappa shape index (κ2) is 4.90. The van der Waals surface area contributed by atoms with Crippen molar-refractivity contribution in [2.24, 2.45) is 0 Å². The molecule has 1 saturated heterocycles. The topological polar surface area (TPSA) is 43.4 Å². The highest BCUT2D eigenvalue weighted by Gasteiger charge is 2.28. The minimum Gasteiger partial charge on any atom is -0.594 e. The molecule has 12 heavy (non-hydrogen) atoms. The van der Waals surface area contributed by atoms with Crippen molar-refractivity contribution in [3.63, 3.8) is 0 Å². The van der Waals surface area contributed by atoms with Crippen LogP contribution in [0.3, 0.4) is 0 Å². The van der Waals surface area contributed by atoms with Crippen molar-refractivity contribution in [2.45, 2.75) is 38.4 Å². The van der Waals surface area contributed by atoms with E-state index in [1.54, 1.807) is 0 Å². The molecule has 0 saturated carbocycles. The molecule has 0 bridgehead atoms. The van der Waals surface area contributed by atoms with Gasteiger partial charge in [0.15, 0.2) is 0 Å². The van der Waals surface area contributed by atoms with Crippen LogP contribution in [0.25, 0.3) is 0 Å². The minimum atomic E-state index is -2.26. The molecule has 1 heterocycles. The summed E-state index contributed by atoms with van der Waals surface area (Å²) >= 11 is 0. The molecule has 0 radical (unpaired) electrons. The van der Waals surface area contributed by atoms with Crippen molar-refractivity contribution in [1.29, 1.82) is 0 Å². The van der Waals surface area contributed by atoms with Crippen LogP contribution in [0.1, 0.15) is 32.6 Å². The van der Waals surface area contributed by atoms with E-state index < -0.39 is 8.03 Å². The Hall–Kier alpha value is 0.0200. The number of nitrogens with zero attached hydrogens (tertiary/aromatic N) is 1. The highest BCUT2D eigenvalue weighted by molar-refractivity contribution is 7.37. The molecule has 1 rings (SSSR count). The van der Waals surface area contributed by atoms with Gasteiger partial charge in [-0.15, -0.1) is 0 Å². The van der Waals surface area contributed by atoms with Crippen LogP contribution < -0.4 is 4.89 Å². The van der Waals surface area contributed by atoms with Gasteiger partial charge in [0.05, 0.1) is 0 Å². The average Bonchev–Trinajstić information content (AvgIpc) is 2.07. The van der Waals surface area contributed by atoms with Gasteiger partial charge in [-0.1, -0.05) is 17.9 Å². The molecule has 0 aromatic heterocycles. The van der Waals surface area contributed by atoms with E-state index in [0.29, 0.717) is 0 Å². The van der Waals surface area contributed by atoms with Crippen molar-refractivity contribution in [3.8, 4) is 0 Å². The van der Waals surface area contributed by atoms with Gasteiger partial charge in [0.1, 0.15) is 0 Å². The summed E-state index contributed by atoms with van der Waals surface area (Å²) in [5.74, 6) is -0.208. The molecule has 0 amide bonds. The van der Waals surface area contributed by atoms with Gasteiger partial charge < -0.3 is 4.89 Å². The van der Waals surface area contributed by atoms with Gasteiger partial charge in [-0.25, -0.2) is 0 Å². The molecular weight excluding hydrogens is 173 g/mol. The Labute approximate surface area is 74.6 Å². The van der Waals surface area contributed by atoms with Crippen LogP contribution in [-0.4, -0.2) is 23.8 Å². The number of likely N-dealkylation sites (tertiary alicyclic amines) is 1. The first-order valence-corrected chi connectivity index (χ1v) is 5.88. The lowest BCUT2D eigenvalue weighted by molar-refractivity contribution is -0.169. The van der Waals surface area contributed by atoms with E-state index in [1.165, 1.54) is 6.42 Å². The molecule has 2 atom stereocenters. The van der Waals surface area contributed by atoms with Gasteiger partial charge in [-0.05, 0) is 12.8 Å². The van der Waals surface area contributed by atoms with Crippen molar-refractivity contribution >= 4 is 8.03 Å². The monoisotopic (exact) mass is 189 g/mol. The Kier molecular flexibility index (Phi) is 4.13. The summed E-state index contributed by atoms with van der Waals surface area (Å²) in [6.45, 7) is 3.86. The molecule has 2 unspecified atom stereocenters. The predicted molar refractivity (Wildman–Crippen MR) is 47.1 cm³/mol. The normalized spacial score (nSPS) is 23.7. The molecule has 0 N–H and O–H groups in total. The Morgan fingerprint density at radius 1 is 1.42 bits per heavy atom. The van der Waals surface area contributed by atoms with Crippen molar-refractivity contribution < 1.29 is 9.46 Å². The third-order valence-electron chi connectivity index (χ3n) is 2.42. The van der Waals surface area contributed by atoms with E-state index >= 15 is 0 Å². The molecule has 0 spiro atoms. The molecule has 1 fully saturated rings. The fraction of sp³-hybridized carbons (Fsp3) is 1.00. The Balaban J connectivity index is 2.46. The van der Waals surface area contributed by atoms with Crippen LogP contribution in [0.15, 0.2) is 0 Å². The molecule has 0 aromatic carbocycles. The van der Waals surface area contributed by atoms with Gasteiger partial charge >= 0.3 is 8.03 Å². The Bertz CT molecular complexity index is 157. The Morgan fingerprint density at radius 3 is 2.42 bits per heavy atom. The van der Waals surface area contributed by atoms with Crippen LogP contribution in [0.2, 0.25) is 0 Å². The highest BCUT2D eigenvalue weighted by Crippen LogP contribution is 2.27. The van der Waals surface area contributed by atoms with Crippen molar-refractivity contribution in [1.82, 2.24) is 4.90 Å². The zero-order valence-corrected chi connectivity index (χ0v) is 8.43. The summed E-state index contributed by atoms with van der Waals surface area (Å²) in [7, 11) is -2.26. The molecule has 0 aliphatic carbocycles. The SMILES string of the molecule is CCC(N1CCCCC1)[P+](=O)[O-]. The van der Waals surface area contributed by atoms with Crippen molar-refractivity contribution in [2.75, 3.05) is 13.1 Å². The maximum atomic E-state index is 10.8. The average molecular weight is 189 g/mol. The van der Waals surface area contributed by atoms with Crippen LogP contribution in [0, 0.1) is 0 Å². The molecule has 70 valence electrons. The molecule has 4 heteroatoms. The minimum absolute atomic E-state index is 0.208. The van der Waals surface area contributed by atoms with Crippen molar-refractivity contribution in [3.05, 3.63) is 0 Å². The molecular formula is C8H16NO2P. The molecule has 3 nitrogen and oxygen atoms in total. The largest absolute Gasteiger partial charge is 0.594 e. The van der Waals surface area contributed by atoms with E-state index in [2.05, 4.69) is 4.90 Å². The van der Waals surface area contributed by atoms with Crippen LogP contribution in [0.4, 0.5) is 0 Å². The third kappa shape index (κ3) is 2.51. The second-order valence-corrected chi connectivity index (χ2v) is 4.44. The first-order valence-electron chi connectivity index (χ1n) is 4.63. The van der Waals surface area contributed by atoms with E-state index in [1.807, 2.05) is 6.92 Å². The lowest BCUT2D eigenvalue weighted by atomic mass is 10.1. The third-order valence-corrected chi connectivity index (χ3v) is 3.60. The zero-order chi connectivity index (χ0) is 8.97. The number of rotatable bonds is 3.